The van der Waals surface area contributed by atoms with E-state index in [1.54, 1.807) is 26.1 Å². The van der Waals surface area contributed by atoms with E-state index < -0.39 is 0 Å². The van der Waals surface area contributed by atoms with Crippen molar-refractivity contribution in [2.75, 3.05) is 45.7 Å². The molecule has 1 aliphatic heterocycles. The summed E-state index contributed by atoms with van der Waals surface area (Å²) >= 11 is 0. The Morgan fingerprint density at radius 1 is 1.16 bits per heavy atom. The van der Waals surface area contributed by atoms with Gasteiger partial charge in [0, 0.05) is 32.9 Å². The number of methoxy groups -OCH3 is 1. The number of benzene rings is 2. The van der Waals surface area contributed by atoms with Crippen molar-refractivity contribution in [3.63, 3.8) is 0 Å². The average Bonchev–Trinajstić information content (AvgIpc) is 3.36. The van der Waals surface area contributed by atoms with Crippen LogP contribution in [0.15, 0.2) is 53.5 Å². The molecule has 0 aromatic heterocycles. The molecule has 1 amide bonds. The Morgan fingerprint density at radius 3 is 2.53 bits per heavy atom. The first-order valence-corrected chi connectivity index (χ1v) is 11.2. The number of hydrogen-bond donors (Lipinski definition) is 2. The van der Waals surface area contributed by atoms with Crippen LogP contribution in [0.3, 0.4) is 0 Å². The minimum atomic E-state index is -0.00682. The van der Waals surface area contributed by atoms with Crippen LogP contribution in [0.5, 0.6) is 5.75 Å². The van der Waals surface area contributed by atoms with Gasteiger partial charge in [-0.05, 0) is 55.2 Å². The van der Waals surface area contributed by atoms with Crippen LogP contribution in [-0.4, -0.2) is 57.6 Å². The lowest BCUT2D eigenvalue weighted by Crippen LogP contribution is -2.43. The highest BCUT2D eigenvalue weighted by atomic mass is 16.5. The lowest BCUT2D eigenvalue weighted by Gasteiger charge is -2.22. The molecule has 32 heavy (non-hydrogen) atoms. The van der Waals surface area contributed by atoms with Crippen molar-refractivity contribution >= 4 is 17.6 Å². The van der Waals surface area contributed by atoms with E-state index in [1.807, 2.05) is 24.3 Å². The molecule has 1 aliphatic rings. The van der Waals surface area contributed by atoms with E-state index in [4.69, 9.17) is 9.73 Å². The lowest BCUT2D eigenvalue weighted by atomic mass is 10.1. The first-order chi connectivity index (χ1) is 15.5. The van der Waals surface area contributed by atoms with Gasteiger partial charge in [0.15, 0.2) is 5.96 Å². The average molecular weight is 438 g/mol. The monoisotopic (exact) mass is 437 g/mol. The highest BCUT2D eigenvalue weighted by Gasteiger charge is 2.15. The fourth-order valence-electron chi connectivity index (χ4n) is 3.63. The SMILES string of the molecule is COc1ccc(CN=C(NCC(=O)N(C)C)NC(C)c2cccc(N3CCCC3)c2)cc1. The van der Waals surface area contributed by atoms with Gasteiger partial charge in [-0.1, -0.05) is 24.3 Å². The molecule has 1 unspecified atom stereocenters. The molecule has 1 saturated heterocycles. The summed E-state index contributed by atoms with van der Waals surface area (Å²) in [6.07, 6.45) is 2.51. The molecule has 1 fully saturated rings. The smallest absolute Gasteiger partial charge is 0.241 e. The summed E-state index contributed by atoms with van der Waals surface area (Å²) in [5, 5.41) is 6.64. The second-order valence-electron chi connectivity index (χ2n) is 8.31. The van der Waals surface area contributed by atoms with Gasteiger partial charge in [0.2, 0.25) is 5.91 Å². The van der Waals surface area contributed by atoms with Gasteiger partial charge in [0.05, 0.1) is 26.2 Å². The number of aliphatic imine (C=N–C) groups is 1. The summed E-state index contributed by atoms with van der Waals surface area (Å²) < 4.78 is 5.22. The second-order valence-corrected chi connectivity index (χ2v) is 8.31. The molecule has 7 heteroatoms. The summed E-state index contributed by atoms with van der Waals surface area (Å²) in [6.45, 7) is 5.03. The molecule has 0 spiro atoms. The van der Waals surface area contributed by atoms with Crippen molar-refractivity contribution in [1.29, 1.82) is 0 Å². The molecule has 7 nitrogen and oxygen atoms in total. The quantitative estimate of drug-likeness (QED) is 0.490. The molecule has 2 aromatic carbocycles. The Hall–Kier alpha value is -3.22. The highest BCUT2D eigenvalue weighted by molar-refractivity contribution is 5.86. The number of ether oxygens (including phenoxy) is 1. The van der Waals surface area contributed by atoms with E-state index in [-0.39, 0.29) is 18.5 Å². The number of nitrogens with zero attached hydrogens (tertiary/aromatic N) is 3. The highest BCUT2D eigenvalue weighted by Crippen LogP contribution is 2.24. The van der Waals surface area contributed by atoms with Crippen molar-refractivity contribution in [2.45, 2.75) is 32.4 Å². The van der Waals surface area contributed by atoms with Crippen LogP contribution >= 0.6 is 0 Å². The molecule has 0 saturated carbocycles. The zero-order valence-corrected chi connectivity index (χ0v) is 19.6. The molecule has 2 N–H and O–H groups in total. The molecule has 3 rings (SSSR count). The van der Waals surface area contributed by atoms with Crippen LogP contribution in [0.4, 0.5) is 5.69 Å². The zero-order valence-electron chi connectivity index (χ0n) is 19.6. The van der Waals surface area contributed by atoms with Crippen molar-refractivity contribution < 1.29 is 9.53 Å². The van der Waals surface area contributed by atoms with E-state index in [9.17, 15) is 4.79 Å². The van der Waals surface area contributed by atoms with E-state index in [0.29, 0.717) is 12.5 Å². The van der Waals surface area contributed by atoms with Gasteiger partial charge in [-0.3, -0.25) is 4.79 Å². The molecule has 0 bridgehead atoms. The third kappa shape index (κ3) is 6.64. The number of likely N-dealkylation sites (N-methyl/N-ethyl adjacent to an activating group) is 1. The normalized spacial score (nSPS) is 14.8. The third-order valence-electron chi connectivity index (χ3n) is 5.68. The Labute approximate surface area is 191 Å². The molecular weight excluding hydrogens is 402 g/mol. The molecule has 1 heterocycles. The van der Waals surface area contributed by atoms with Crippen molar-refractivity contribution in [1.82, 2.24) is 15.5 Å². The van der Waals surface area contributed by atoms with E-state index >= 15 is 0 Å². The number of rotatable bonds is 8. The maximum absolute atomic E-state index is 12.1. The van der Waals surface area contributed by atoms with Crippen LogP contribution in [0, 0.1) is 0 Å². The molecule has 1 atom stereocenters. The summed E-state index contributed by atoms with van der Waals surface area (Å²) in [5.74, 6) is 1.42. The van der Waals surface area contributed by atoms with Gasteiger partial charge in [0.25, 0.3) is 0 Å². The Bertz CT molecular complexity index is 905. The Kier molecular flexibility index (Phi) is 8.36. The molecule has 2 aromatic rings. The summed E-state index contributed by atoms with van der Waals surface area (Å²) in [6, 6.07) is 16.5. The van der Waals surface area contributed by atoms with Crippen LogP contribution in [-0.2, 0) is 11.3 Å². The molecule has 0 radical (unpaired) electrons. The minimum Gasteiger partial charge on any atom is -0.497 e. The van der Waals surface area contributed by atoms with E-state index in [1.165, 1.54) is 24.1 Å². The lowest BCUT2D eigenvalue weighted by molar-refractivity contribution is -0.127. The first-order valence-electron chi connectivity index (χ1n) is 11.2. The van der Waals surface area contributed by atoms with Gasteiger partial charge in [-0.25, -0.2) is 4.99 Å². The Morgan fingerprint density at radius 2 is 1.88 bits per heavy atom. The first kappa shape index (κ1) is 23.4. The van der Waals surface area contributed by atoms with Crippen LogP contribution < -0.4 is 20.3 Å². The molecular formula is C25H35N5O2. The summed E-state index contributed by atoms with van der Waals surface area (Å²) in [4.78, 5) is 20.8. The summed E-state index contributed by atoms with van der Waals surface area (Å²) in [5.41, 5.74) is 3.52. The second kappa shape index (κ2) is 11.4. The topological polar surface area (TPSA) is 69.2 Å². The van der Waals surface area contributed by atoms with Crippen LogP contribution in [0.25, 0.3) is 0 Å². The van der Waals surface area contributed by atoms with Gasteiger partial charge in [0.1, 0.15) is 5.75 Å². The largest absolute Gasteiger partial charge is 0.497 e. The number of anilines is 1. The number of carbonyl (C=O) groups excluding carboxylic acids is 1. The van der Waals surface area contributed by atoms with Gasteiger partial charge in [-0.15, -0.1) is 0 Å². The van der Waals surface area contributed by atoms with Crippen LogP contribution in [0.2, 0.25) is 0 Å². The fourth-order valence-corrected chi connectivity index (χ4v) is 3.63. The number of guanidine groups is 1. The number of amides is 1. The molecule has 0 aliphatic carbocycles. The Balaban J connectivity index is 1.71. The maximum Gasteiger partial charge on any atom is 0.241 e. The van der Waals surface area contributed by atoms with Crippen LogP contribution in [0.1, 0.15) is 36.9 Å². The number of nitrogens with one attached hydrogen (secondary N) is 2. The summed E-state index contributed by atoms with van der Waals surface area (Å²) in [7, 11) is 5.15. The van der Waals surface area contributed by atoms with Crippen molar-refractivity contribution in [3.05, 3.63) is 59.7 Å². The maximum atomic E-state index is 12.1. The third-order valence-corrected chi connectivity index (χ3v) is 5.68. The van der Waals surface area contributed by atoms with Gasteiger partial charge in [-0.2, -0.15) is 0 Å². The van der Waals surface area contributed by atoms with Gasteiger partial charge >= 0.3 is 0 Å². The zero-order chi connectivity index (χ0) is 22.9. The predicted molar refractivity (Wildman–Crippen MR) is 130 cm³/mol. The molecule has 172 valence electrons. The van der Waals surface area contributed by atoms with Gasteiger partial charge < -0.3 is 25.2 Å². The predicted octanol–water partition coefficient (Wildman–Crippen LogP) is 3.18. The van der Waals surface area contributed by atoms with E-state index in [0.717, 1.165) is 24.4 Å². The van der Waals surface area contributed by atoms with E-state index in [2.05, 4.69) is 46.7 Å². The minimum absolute atomic E-state index is 0.00682. The number of carbonyl (C=O) groups is 1. The fraction of sp³-hybridized carbons (Fsp3) is 0.440. The number of hydrogen-bond acceptors (Lipinski definition) is 4. The van der Waals surface area contributed by atoms with Crippen molar-refractivity contribution in [3.8, 4) is 5.75 Å². The van der Waals surface area contributed by atoms with Crippen molar-refractivity contribution in [2.24, 2.45) is 4.99 Å². The standard InChI is InChI=1S/C25H35N5O2/c1-19(21-8-7-9-22(16-21)30-14-5-6-15-30)28-25(27-18-24(31)29(2)3)26-17-20-10-12-23(32-4)13-11-20/h7-13,16,19H,5-6,14-15,17-18H2,1-4H3,(H2,26,27,28).